The average Bonchev–Trinajstić information content (AvgIpc) is 2.42. The Morgan fingerprint density at radius 2 is 1.94 bits per heavy atom. The number of hydrogen-bond acceptors (Lipinski definition) is 4. The van der Waals surface area contributed by atoms with E-state index in [9.17, 15) is 0 Å². The van der Waals surface area contributed by atoms with Crippen molar-refractivity contribution in [3.8, 4) is 0 Å². The van der Waals surface area contributed by atoms with Crippen molar-refractivity contribution in [2.24, 2.45) is 4.99 Å². The lowest BCUT2D eigenvalue weighted by molar-refractivity contribution is 0.417. The first kappa shape index (κ1) is 15.4. The summed E-state index contributed by atoms with van der Waals surface area (Å²) in [6, 6.07) is 9.90. The molecule has 0 aliphatic rings. The third kappa shape index (κ3) is 6.97. The Morgan fingerprint density at radius 1 is 1.17 bits per heavy atom. The Kier molecular flexibility index (Phi) is 8.86. The summed E-state index contributed by atoms with van der Waals surface area (Å²) in [5.74, 6) is 1.15. The van der Waals surface area contributed by atoms with Crippen LogP contribution in [-0.4, -0.2) is 18.1 Å². The van der Waals surface area contributed by atoms with Gasteiger partial charge in [0.15, 0.2) is 0 Å². The molecule has 0 radical (unpaired) electrons. The van der Waals surface area contributed by atoms with Crippen LogP contribution in [0.3, 0.4) is 0 Å². The van der Waals surface area contributed by atoms with Crippen molar-refractivity contribution in [3.63, 3.8) is 0 Å². The highest BCUT2D eigenvalue weighted by molar-refractivity contribution is 8.82. The molecule has 0 bridgehead atoms. The van der Waals surface area contributed by atoms with E-state index in [1.807, 2.05) is 41.1 Å². The maximum Gasteiger partial charge on any atom is 0.261 e. The highest BCUT2D eigenvalue weighted by Gasteiger charge is 2.01. The van der Waals surface area contributed by atoms with Gasteiger partial charge in [-0.25, -0.2) is 4.99 Å². The third-order valence-corrected chi connectivity index (χ3v) is 4.62. The number of benzene rings is 1. The summed E-state index contributed by atoms with van der Waals surface area (Å²) >= 11 is 0. The number of para-hydroxylation sites is 1. The van der Waals surface area contributed by atoms with Gasteiger partial charge >= 0.3 is 0 Å². The fourth-order valence-corrected chi connectivity index (χ4v) is 3.32. The molecule has 0 aromatic heterocycles. The van der Waals surface area contributed by atoms with Crippen LogP contribution in [0.2, 0.25) is 0 Å². The highest BCUT2D eigenvalue weighted by atomic mass is 33.1. The molecule has 0 aliphatic carbocycles. The van der Waals surface area contributed by atoms with E-state index in [0.717, 1.165) is 16.7 Å². The molecule has 1 rings (SSSR count). The first-order valence-electron chi connectivity index (χ1n) is 6.34. The molecular weight excluding hydrogens is 262 g/mol. The maximum absolute atomic E-state index is 5.27. The van der Waals surface area contributed by atoms with Gasteiger partial charge in [0, 0.05) is 16.5 Å². The molecule has 0 saturated heterocycles. The van der Waals surface area contributed by atoms with Crippen LogP contribution in [0.4, 0.5) is 5.69 Å². The molecule has 0 aliphatic heterocycles. The number of nitrogens with zero attached hydrogens (tertiary/aromatic N) is 1. The molecule has 0 N–H and O–H groups in total. The molecule has 0 spiro atoms. The molecule has 18 heavy (non-hydrogen) atoms. The maximum atomic E-state index is 5.27. The quantitative estimate of drug-likeness (QED) is 0.294. The molecule has 1 aromatic carbocycles. The van der Waals surface area contributed by atoms with Crippen LogP contribution in [0, 0.1) is 0 Å². The zero-order valence-corrected chi connectivity index (χ0v) is 12.7. The lowest BCUT2D eigenvalue weighted by Crippen LogP contribution is -1.92. The topological polar surface area (TPSA) is 21.6 Å². The predicted molar refractivity (Wildman–Crippen MR) is 84.7 cm³/mol. The zero-order valence-electron chi connectivity index (χ0n) is 11.1. The van der Waals surface area contributed by atoms with E-state index in [-0.39, 0.29) is 0 Å². The van der Waals surface area contributed by atoms with E-state index in [1.165, 1.54) is 25.7 Å². The molecule has 0 amide bonds. The van der Waals surface area contributed by atoms with E-state index in [2.05, 4.69) is 11.9 Å². The Balaban J connectivity index is 2.27. The first-order valence-corrected chi connectivity index (χ1v) is 8.66. The second kappa shape index (κ2) is 10.3. The first-order chi connectivity index (χ1) is 8.86. The number of ether oxygens (including phenoxy) is 1. The Hall–Kier alpha value is -0.610. The summed E-state index contributed by atoms with van der Waals surface area (Å²) in [6.45, 7) is 2.23. The number of hydrogen-bond donors (Lipinski definition) is 0. The van der Waals surface area contributed by atoms with Crippen LogP contribution in [0.25, 0.3) is 0 Å². The molecule has 4 heteroatoms. The van der Waals surface area contributed by atoms with Crippen LogP contribution >= 0.6 is 21.6 Å². The molecule has 0 saturated carbocycles. The molecule has 2 nitrogen and oxygen atoms in total. The van der Waals surface area contributed by atoms with E-state index < -0.39 is 0 Å². The molecule has 100 valence electrons. The largest absolute Gasteiger partial charge is 0.476 e. The SMILES string of the molecule is CCCCCCSSC(=Nc1ccccc1)OC. The predicted octanol–water partition coefficient (Wildman–Crippen LogP) is 5.28. The number of aliphatic imine (C=N–C) groups is 1. The molecule has 0 atom stereocenters. The van der Waals surface area contributed by atoms with Crippen LogP contribution in [-0.2, 0) is 4.74 Å². The van der Waals surface area contributed by atoms with Crippen molar-refractivity contribution in [1.29, 1.82) is 0 Å². The fraction of sp³-hybridized carbons (Fsp3) is 0.500. The summed E-state index contributed by atoms with van der Waals surface area (Å²) in [5, 5.41) is 0.724. The minimum absolute atomic E-state index is 0.724. The van der Waals surface area contributed by atoms with Crippen LogP contribution in [0.5, 0.6) is 0 Å². The van der Waals surface area contributed by atoms with Gasteiger partial charge in [0.25, 0.3) is 5.23 Å². The average molecular weight is 283 g/mol. The summed E-state index contributed by atoms with van der Waals surface area (Å²) in [4.78, 5) is 4.45. The Morgan fingerprint density at radius 3 is 2.61 bits per heavy atom. The van der Waals surface area contributed by atoms with Crippen molar-refractivity contribution >= 4 is 32.5 Å². The van der Waals surface area contributed by atoms with Crippen molar-refractivity contribution in [2.75, 3.05) is 12.9 Å². The zero-order chi connectivity index (χ0) is 13.1. The van der Waals surface area contributed by atoms with Crippen LogP contribution in [0.15, 0.2) is 35.3 Å². The lowest BCUT2D eigenvalue weighted by atomic mass is 10.2. The lowest BCUT2D eigenvalue weighted by Gasteiger charge is -2.04. The highest BCUT2D eigenvalue weighted by Crippen LogP contribution is 2.27. The summed E-state index contributed by atoms with van der Waals surface area (Å²) in [7, 11) is 5.11. The molecule has 0 heterocycles. The van der Waals surface area contributed by atoms with Crippen molar-refractivity contribution in [3.05, 3.63) is 30.3 Å². The molecule has 1 aromatic rings. The van der Waals surface area contributed by atoms with Gasteiger partial charge in [-0.3, -0.25) is 0 Å². The van der Waals surface area contributed by atoms with E-state index in [4.69, 9.17) is 4.74 Å². The van der Waals surface area contributed by atoms with Crippen molar-refractivity contribution in [2.45, 2.75) is 32.6 Å². The van der Waals surface area contributed by atoms with Crippen LogP contribution in [0.1, 0.15) is 32.6 Å². The van der Waals surface area contributed by atoms with Gasteiger partial charge in [0.05, 0.1) is 12.8 Å². The minimum Gasteiger partial charge on any atom is -0.476 e. The van der Waals surface area contributed by atoms with E-state index in [1.54, 1.807) is 17.9 Å². The van der Waals surface area contributed by atoms with Gasteiger partial charge in [0.2, 0.25) is 0 Å². The van der Waals surface area contributed by atoms with Gasteiger partial charge in [-0.15, -0.1) is 0 Å². The smallest absolute Gasteiger partial charge is 0.261 e. The van der Waals surface area contributed by atoms with E-state index in [0.29, 0.717) is 0 Å². The Bertz CT molecular complexity index is 341. The standard InChI is InChI=1S/C14H21NOS2/c1-3-4-5-9-12-17-18-14(16-2)15-13-10-7-6-8-11-13/h6-8,10-11H,3-5,9,12H2,1-2H3. The van der Waals surface area contributed by atoms with Gasteiger partial charge in [0.1, 0.15) is 0 Å². The van der Waals surface area contributed by atoms with Gasteiger partial charge in [-0.05, 0) is 18.6 Å². The third-order valence-electron chi connectivity index (χ3n) is 2.36. The minimum atomic E-state index is 0.724. The second-order valence-electron chi connectivity index (χ2n) is 3.88. The number of methoxy groups -OCH3 is 1. The van der Waals surface area contributed by atoms with Crippen LogP contribution < -0.4 is 0 Å². The second-order valence-corrected chi connectivity index (χ2v) is 6.25. The number of rotatable bonds is 7. The van der Waals surface area contributed by atoms with Crippen molar-refractivity contribution in [1.82, 2.24) is 0 Å². The van der Waals surface area contributed by atoms with E-state index >= 15 is 0 Å². The summed E-state index contributed by atoms with van der Waals surface area (Å²) in [6.07, 6.45) is 5.22. The summed E-state index contributed by atoms with van der Waals surface area (Å²) < 4.78 is 5.27. The van der Waals surface area contributed by atoms with Gasteiger partial charge < -0.3 is 4.74 Å². The normalized spacial score (nSPS) is 11.6. The fourth-order valence-electron chi connectivity index (χ4n) is 1.39. The molecule has 0 unspecified atom stereocenters. The van der Waals surface area contributed by atoms with Gasteiger partial charge in [-0.2, -0.15) is 0 Å². The van der Waals surface area contributed by atoms with Crippen molar-refractivity contribution < 1.29 is 4.74 Å². The molecular formula is C14H21NOS2. The monoisotopic (exact) mass is 283 g/mol. The Labute approximate surface area is 118 Å². The molecule has 0 fully saturated rings. The number of unbranched alkanes of at least 4 members (excludes halogenated alkanes) is 3. The van der Waals surface area contributed by atoms with Gasteiger partial charge in [-0.1, -0.05) is 55.2 Å². The summed E-state index contributed by atoms with van der Waals surface area (Å²) in [5.41, 5.74) is 0.938.